The number of benzene rings is 2. The maximum Gasteiger partial charge on any atom is 0.336 e. The predicted octanol–water partition coefficient (Wildman–Crippen LogP) is 3.76. The molecule has 3 nitrogen and oxygen atoms in total. The molecule has 0 amide bonds. The van der Waals surface area contributed by atoms with Gasteiger partial charge in [-0.1, -0.05) is 48.0 Å². The number of aryl methyl sites for hydroxylation is 1. The van der Waals surface area contributed by atoms with Crippen LogP contribution in [-0.2, 0) is 0 Å². The molecule has 0 saturated carbocycles. The van der Waals surface area contributed by atoms with Crippen molar-refractivity contribution in [3.05, 3.63) is 70.8 Å². The first-order chi connectivity index (χ1) is 9.61. The largest absolute Gasteiger partial charge is 0.478 e. The van der Waals surface area contributed by atoms with Gasteiger partial charge in [-0.2, -0.15) is 5.26 Å². The number of hydrogen-bond acceptors (Lipinski definition) is 2. The van der Waals surface area contributed by atoms with Gasteiger partial charge in [0.15, 0.2) is 0 Å². The van der Waals surface area contributed by atoms with Gasteiger partial charge in [0.2, 0.25) is 0 Å². The Morgan fingerprint density at radius 3 is 2.60 bits per heavy atom. The van der Waals surface area contributed by atoms with Crippen LogP contribution in [0.2, 0.25) is 0 Å². The Bertz CT molecular complexity index is 724. The third-order valence-electron chi connectivity index (χ3n) is 2.94. The standard InChI is InChI=1S/C17H13NO2/c1-12-5-4-7-13(9-12)15(11-18)10-14-6-2-3-8-16(14)17(19)20/h2-10H,1H3,(H,19,20)/b15-10+. The highest BCUT2D eigenvalue weighted by Gasteiger charge is 2.09. The van der Waals surface area contributed by atoms with E-state index in [0.717, 1.165) is 11.1 Å². The maximum atomic E-state index is 11.2. The lowest BCUT2D eigenvalue weighted by atomic mass is 9.99. The third-order valence-corrected chi connectivity index (χ3v) is 2.94. The van der Waals surface area contributed by atoms with Crippen LogP contribution in [0.15, 0.2) is 48.5 Å². The average Bonchev–Trinajstić information content (AvgIpc) is 2.45. The molecule has 3 heteroatoms. The summed E-state index contributed by atoms with van der Waals surface area (Å²) < 4.78 is 0. The molecule has 2 aromatic carbocycles. The number of nitriles is 1. The molecule has 0 aliphatic heterocycles. The molecule has 2 rings (SSSR count). The van der Waals surface area contributed by atoms with E-state index in [2.05, 4.69) is 6.07 Å². The fourth-order valence-electron chi connectivity index (χ4n) is 1.97. The Labute approximate surface area is 117 Å². The summed E-state index contributed by atoms with van der Waals surface area (Å²) in [7, 11) is 0. The molecule has 0 aliphatic carbocycles. The molecule has 0 fully saturated rings. The average molecular weight is 263 g/mol. The number of carboxylic acids is 1. The van der Waals surface area contributed by atoms with Crippen molar-refractivity contribution < 1.29 is 9.90 Å². The predicted molar refractivity (Wildman–Crippen MR) is 78.1 cm³/mol. The van der Waals surface area contributed by atoms with Crippen LogP contribution in [-0.4, -0.2) is 11.1 Å². The quantitative estimate of drug-likeness (QED) is 0.677. The Morgan fingerprint density at radius 2 is 1.95 bits per heavy atom. The van der Waals surface area contributed by atoms with Crippen LogP contribution in [0.25, 0.3) is 11.6 Å². The molecule has 0 spiro atoms. The van der Waals surface area contributed by atoms with E-state index in [4.69, 9.17) is 5.11 Å². The molecular formula is C17H13NO2. The van der Waals surface area contributed by atoms with Gasteiger partial charge < -0.3 is 5.11 Å². The Balaban J connectivity index is 2.53. The summed E-state index contributed by atoms with van der Waals surface area (Å²) in [5.41, 5.74) is 3.00. The van der Waals surface area contributed by atoms with Crippen LogP contribution >= 0.6 is 0 Å². The van der Waals surface area contributed by atoms with Gasteiger partial charge in [-0.05, 0) is 30.2 Å². The van der Waals surface area contributed by atoms with Crippen LogP contribution in [0.5, 0.6) is 0 Å². The van der Waals surface area contributed by atoms with E-state index in [9.17, 15) is 10.1 Å². The molecule has 20 heavy (non-hydrogen) atoms. The minimum absolute atomic E-state index is 0.188. The zero-order chi connectivity index (χ0) is 14.5. The summed E-state index contributed by atoms with van der Waals surface area (Å²) >= 11 is 0. The van der Waals surface area contributed by atoms with E-state index < -0.39 is 5.97 Å². The van der Waals surface area contributed by atoms with Crippen LogP contribution < -0.4 is 0 Å². The van der Waals surface area contributed by atoms with Crippen molar-refractivity contribution in [3.63, 3.8) is 0 Å². The van der Waals surface area contributed by atoms with Gasteiger partial charge in [0.25, 0.3) is 0 Å². The van der Waals surface area contributed by atoms with Gasteiger partial charge in [0, 0.05) is 0 Å². The Kier molecular flexibility index (Phi) is 3.97. The fourth-order valence-corrected chi connectivity index (χ4v) is 1.97. The molecule has 0 saturated heterocycles. The van der Waals surface area contributed by atoms with Crippen LogP contribution in [0.3, 0.4) is 0 Å². The zero-order valence-electron chi connectivity index (χ0n) is 11.0. The molecular weight excluding hydrogens is 250 g/mol. The lowest BCUT2D eigenvalue weighted by Gasteiger charge is -2.04. The van der Waals surface area contributed by atoms with Crippen LogP contribution in [0.1, 0.15) is 27.0 Å². The molecule has 0 aliphatic rings. The zero-order valence-corrected chi connectivity index (χ0v) is 11.0. The fraction of sp³-hybridized carbons (Fsp3) is 0.0588. The topological polar surface area (TPSA) is 61.1 Å². The Morgan fingerprint density at radius 1 is 1.20 bits per heavy atom. The number of carboxylic acid groups (broad SMARTS) is 1. The van der Waals surface area contributed by atoms with E-state index >= 15 is 0 Å². The number of allylic oxidation sites excluding steroid dienone is 1. The molecule has 0 unspecified atom stereocenters. The van der Waals surface area contributed by atoms with Crippen molar-refractivity contribution in [3.8, 4) is 6.07 Å². The molecule has 0 radical (unpaired) electrons. The number of carbonyl (C=O) groups is 1. The molecule has 98 valence electrons. The van der Waals surface area contributed by atoms with Gasteiger partial charge >= 0.3 is 5.97 Å². The normalized spacial score (nSPS) is 10.9. The first-order valence-electron chi connectivity index (χ1n) is 6.13. The third kappa shape index (κ3) is 2.93. The summed E-state index contributed by atoms with van der Waals surface area (Å²) in [5.74, 6) is -1.00. The lowest BCUT2D eigenvalue weighted by Crippen LogP contribution is -1.99. The molecule has 0 aromatic heterocycles. The van der Waals surface area contributed by atoms with Crippen LogP contribution in [0.4, 0.5) is 0 Å². The van der Waals surface area contributed by atoms with Crippen molar-refractivity contribution >= 4 is 17.6 Å². The van der Waals surface area contributed by atoms with Crippen molar-refractivity contribution in [1.29, 1.82) is 5.26 Å². The maximum absolute atomic E-state index is 11.2. The molecule has 0 bridgehead atoms. The van der Waals surface area contributed by atoms with E-state index in [1.54, 1.807) is 24.3 Å². The summed E-state index contributed by atoms with van der Waals surface area (Å²) in [6.45, 7) is 1.95. The summed E-state index contributed by atoms with van der Waals surface area (Å²) in [6, 6.07) is 16.3. The second-order valence-corrected chi connectivity index (χ2v) is 4.43. The van der Waals surface area contributed by atoms with Crippen molar-refractivity contribution in [2.24, 2.45) is 0 Å². The molecule has 0 heterocycles. The molecule has 2 aromatic rings. The minimum atomic E-state index is -1.00. The smallest absolute Gasteiger partial charge is 0.336 e. The van der Waals surface area contributed by atoms with Crippen molar-refractivity contribution in [2.75, 3.05) is 0 Å². The van der Waals surface area contributed by atoms with Crippen molar-refractivity contribution in [1.82, 2.24) is 0 Å². The SMILES string of the molecule is Cc1cccc(/C(C#N)=C/c2ccccc2C(=O)O)c1. The van der Waals surface area contributed by atoms with Gasteiger partial charge in [-0.15, -0.1) is 0 Å². The molecule has 1 N–H and O–H groups in total. The highest BCUT2D eigenvalue weighted by atomic mass is 16.4. The van der Waals surface area contributed by atoms with E-state index in [1.165, 1.54) is 6.07 Å². The Hall–Kier alpha value is -2.86. The van der Waals surface area contributed by atoms with E-state index in [1.807, 2.05) is 31.2 Å². The van der Waals surface area contributed by atoms with Gasteiger partial charge in [-0.3, -0.25) is 0 Å². The minimum Gasteiger partial charge on any atom is -0.478 e. The summed E-state index contributed by atoms with van der Waals surface area (Å²) in [5, 5.41) is 18.4. The monoisotopic (exact) mass is 263 g/mol. The number of rotatable bonds is 3. The second kappa shape index (κ2) is 5.85. The lowest BCUT2D eigenvalue weighted by molar-refractivity contribution is 0.0696. The van der Waals surface area contributed by atoms with E-state index in [-0.39, 0.29) is 5.56 Å². The highest BCUT2D eigenvalue weighted by molar-refractivity contribution is 5.97. The highest BCUT2D eigenvalue weighted by Crippen LogP contribution is 2.20. The van der Waals surface area contributed by atoms with Gasteiger partial charge in [0.05, 0.1) is 17.2 Å². The number of aromatic carboxylic acids is 1. The summed E-state index contributed by atoms with van der Waals surface area (Å²) in [4.78, 5) is 11.2. The first-order valence-corrected chi connectivity index (χ1v) is 6.13. The van der Waals surface area contributed by atoms with Crippen LogP contribution in [0, 0.1) is 18.3 Å². The second-order valence-electron chi connectivity index (χ2n) is 4.43. The van der Waals surface area contributed by atoms with Gasteiger partial charge in [0.1, 0.15) is 0 Å². The van der Waals surface area contributed by atoms with Gasteiger partial charge in [-0.25, -0.2) is 4.79 Å². The van der Waals surface area contributed by atoms with E-state index in [0.29, 0.717) is 11.1 Å². The van der Waals surface area contributed by atoms with Crippen molar-refractivity contribution in [2.45, 2.75) is 6.92 Å². The summed E-state index contributed by atoms with van der Waals surface area (Å²) in [6.07, 6.45) is 1.61. The first kappa shape index (κ1) is 13.6. The molecule has 0 atom stereocenters. The number of nitrogens with zero attached hydrogens (tertiary/aromatic N) is 1. The number of hydrogen-bond donors (Lipinski definition) is 1.